The van der Waals surface area contributed by atoms with E-state index >= 15 is 0 Å². The van der Waals surface area contributed by atoms with Gasteiger partial charge in [-0.2, -0.15) is 0 Å². The van der Waals surface area contributed by atoms with Crippen molar-refractivity contribution in [3.8, 4) is 61.8 Å². The molecule has 0 unspecified atom stereocenters. The van der Waals surface area contributed by atoms with E-state index in [4.69, 9.17) is 4.98 Å². The molecule has 1 heterocycles. The van der Waals surface area contributed by atoms with Gasteiger partial charge in [-0.3, -0.25) is 4.57 Å². The van der Waals surface area contributed by atoms with Crippen LogP contribution in [0.3, 0.4) is 0 Å². The molecule has 9 aromatic carbocycles. The standard InChI is InChI=1S/C52H36N2/c1-35-25-26-41-34-42(32-31-40(41)33-35)49-46-23-13-11-21-44(46)48(45-22-12-14-24-47(45)49)36-27-29-39(30-28-36)52-53-50(37-15-5-2-6-16-37)51(38-17-7-3-8-18-38)54(52)43-19-9-4-10-20-43/h2-34H,1H3. The van der Waals surface area contributed by atoms with Crippen LogP contribution in [0, 0.1) is 6.92 Å². The summed E-state index contributed by atoms with van der Waals surface area (Å²) in [5.74, 6) is 0.905. The number of rotatable bonds is 6. The largest absolute Gasteiger partial charge is 0.292 e. The van der Waals surface area contributed by atoms with Crippen LogP contribution in [0.5, 0.6) is 0 Å². The van der Waals surface area contributed by atoms with E-state index < -0.39 is 0 Å². The van der Waals surface area contributed by atoms with Gasteiger partial charge < -0.3 is 0 Å². The fraction of sp³-hybridized carbons (Fsp3) is 0.0192. The Hall–Kier alpha value is -7.03. The number of imidazole rings is 1. The molecule has 0 aliphatic carbocycles. The third kappa shape index (κ3) is 5.39. The van der Waals surface area contributed by atoms with Crippen LogP contribution < -0.4 is 0 Å². The zero-order chi connectivity index (χ0) is 36.0. The summed E-state index contributed by atoms with van der Waals surface area (Å²) < 4.78 is 2.32. The first-order valence-corrected chi connectivity index (χ1v) is 18.6. The molecule has 2 heteroatoms. The van der Waals surface area contributed by atoms with Gasteiger partial charge in [-0.05, 0) is 79.7 Å². The minimum Gasteiger partial charge on any atom is -0.292 e. The van der Waals surface area contributed by atoms with Crippen LogP contribution in [0.1, 0.15) is 5.56 Å². The number of para-hydroxylation sites is 1. The fourth-order valence-electron chi connectivity index (χ4n) is 8.16. The Kier molecular flexibility index (Phi) is 7.74. The minimum absolute atomic E-state index is 0.905. The molecule has 10 aromatic rings. The molecule has 0 saturated heterocycles. The number of benzene rings is 9. The zero-order valence-electron chi connectivity index (χ0n) is 29.9. The molecule has 0 aliphatic heterocycles. The highest BCUT2D eigenvalue weighted by atomic mass is 15.1. The lowest BCUT2D eigenvalue weighted by molar-refractivity contribution is 1.07. The van der Waals surface area contributed by atoms with Gasteiger partial charge in [0.25, 0.3) is 0 Å². The Labute approximate surface area is 315 Å². The van der Waals surface area contributed by atoms with Crippen LogP contribution in [0.25, 0.3) is 94.2 Å². The Bertz CT molecular complexity index is 2900. The van der Waals surface area contributed by atoms with Gasteiger partial charge in [0.1, 0.15) is 5.82 Å². The second kappa shape index (κ2) is 13.2. The maximum absolute atomic E-state index is 5.44. The molecule has 0 fully saturated rings. The third-order valence-electron chi connectivity index (χ3n) is 10.6. The summed E-state index contributed by atoms with van der Waals surface area (Å²) in [7, 11) is 0. The molecule has 0 atom stereocenters. The van der Waals surface area contributed by atoms with Crippen molar-refractivity contribution >= 4 is 32.3 Å². The van der Waals surface area contributed by atoms with E-state index in [1.165, 1.54) is 60.1 Å². The molecule has 0 aliphatic rings. The van der Waals surface area contributed by atoms with Gasteiger partial charge in [-0.25, -0.2) is 4.98 Å². The number of aromatic nitrogens is 2. The highest BCUT2D eigenvalue weighted by Gasteiger charge is 2.23. The Morgan fingerprint density at radius 3 is 1.44 bits per heavy atom. The van der Waals surface area contributed by atoms with E-state index in [2.05, 4.69) is 212 Å². The SMILES string of the molecule is Cc1ccc2cc(-c3c4ccccc4c(-c4ccc(-c5nc(-c6ccccc6)c(-c6ccccc6)n5-c5ccccc5)cc4)c4ccccc34)ccc2c1. The second-order valence-corrected chi connectivity index (χ2v) is 14.0. The lowest BCUT2D eigenvalue weighted by Gasteiger charge is -2.18. The van der Waals surface area contributed by atoms with Crippen molar-refractivity contribution < 1.29 is 0 Å². The molecule has 10 rings (SSSR count). The van der Waals surface area contributed by atoms with Crippen LogP contribution in [-0.4, -0.2) is 9.55 Å². The van der Waals surface area contributed by atoms with Crippen LogP contribution >= 0.6 is 0 Å². The highest BCUT2D eigenvalue weighted by molar-refractivity contribution is 6.21. The predicted molar refractivity (Wildman–Crippen MR) is 228 cm³/mol. The van der Waals surface area contributed by atoms with Crippen molar-refractivity contribution in [2.45, 2.75) is 6.92 Å². The maximum Gasteiger partial charge on any atom is 0.145 e. The van der Waals surface area contributed by atoms with Crippen LogP contribution in [0.4, 0.5) is 0 Å². The Morgan fingerprint density at radius 1 is 0.370 bits per heavy atom. The fourth-order valence-corrected chi connectivity index (χ4v) is 8.16. The number of nitrogens with zero attached hydrogens (tertiary/aromatic N) is 2. The van der Waals surface area contributed by atoms with Gasteiger partial charge in [-0.15, -0.1) is 0 Å². The van der Waals surface area contributed by atoms with Crippen molar-refractivity contribution in [3.63, 3.8) is 0 Å². The average molecular weight is 689 g/mol. The van der Waals surface area contributed by atoms with Crippen molar-refractivity contribution in [1.29, 1.82) is 0 Å². The first-order chi connectivity index (χ1) is 26.7. The second-order valence-electron chi connectivity index (χ2n) is 14.0. The van der Waals surface area contributed by atoms with Crippen LogP contribution in [0.15, 0.2) is 200 Å². The van der Waals surface area contributed by atoms with Crippen molar-refractivity contribution in [1.82, 2.24) is 9.55 Å². The molecule has 2 nitrogen and oxygen atoms in total. The Balaban J connectivity index is 1.17. The third-order valence-corrected chi connectivity index (χ3v) is 10.6. The van der Waals surface area contributed by atoms with Gasteiger partial charge in [0.2, 0.25) is 0 Å². The molecule has 0 amide bonds. The molecule has 0 bridgehead atoms. The normalized spacial score (nSPS) is 11.4. The first-order valence-electron chi connectivity index (χ1n) is 18.6. The summed E-state index contributed by atoms with van der Waals surface area (Å²) in [5.41, 5.74) is 12.6. The molecular formula is C52H36N2. The van der Waals surface area contributed by atoms with E-state index in [9.17, 15) is 0 Å². The van der Waals surface area contributed by atoms with Crippen molar-refractivity contribution in [3.05, 3.63) is 206 Å². The summed E-state index contributed by atoms with van der Waals surface area (Å²) in [5, 5.41) is 7.51. The molecule has 0 N–H and O–H groups in total. The number of hydrogen-bond acceptors (Lipinski definition) is 1. The van der Waals surface area contributed by atoms with Gasteiger partial charge in [0, 0.05) is 22.4 Å². The van der Waals surface area contributed by atoms with Crippen molar-refractivity contribution in [2.24, 2.45) is 0 Å². The lowest BCUT2D eigenvalue weighted by atomic mass is 9.85. The summed E-state index contributed by atoms with van der Waals surface area (Å²) in [4.78, 5) is 5.44. The Morgan fingerprint density at radius 2 is 0.833 bits per heavy atom. The number of fused-ring (bicyclic) bond motifs is 3. The number of aryl methyl sites for hydroxylation is 1. The van der Waals surface area contributed by atoms with Gasteiger partial charge in [0.05, 0.1) is 11.4 Å². The van der Waals surface area contributed by atoms with E-state index in [1.54, 1.807) is 0 Å². The monoisotopic (exact) mass is 688 g/mol. The van der Waals surface area contributed by atoms with Gasteiger partial charge in [0.15, 0.2) is 0 Å². The van der Waals surface area contributed by atoms with E-state index in [1.807, 2.05) is 0 Å². The summed E-state index contributed by atoms with van der Waals surface area (Å²) in [6.07, 6.45) is 0. The average Bonchev–Trinajstić information content (AvgIpc) is 3.64. The maximum atomic E-state index is 5.44. The van der Waals surface area contributed by atoms with Gasteiger partial charge in [-0.1, -0.05) is 188 Å². The zero-order valence-corrected chi connectivity index (χ0v) is 29.9. The summed E-state index contributed by atoms with van der Waals surface area (Å²) in [6, 6.07) is 72.1. The van der Waals surface area contributed by atoms with Crippen LogP contribution in [0.2, 0.25) is 0 Å². The predicted octanol–water partition coefficient (Wildman–Crippen LogP) is 14.0. The van der Waals surface area contributed by atoms with Crippen molar-refractivity contribution in [2.75, 3.05) is 0 Å². The highest BCUT2D eigenvalue weighted by Crippen LogP contribution is 2.45. The number of hydrogen-bond donors (Lipinski definition) is 0. The molecule has 254 valence electrons. The van der Waals surface area contributed by atoms with Gasteiger partial charge >= 0.3 is 0 Å². The van der Waals surface area contributed by atoms with E-state index in [-0.39, 0.29) is 0 Å². The lowest BCUT2D eigenvalue weighted by Crippen LogP contribution is -2.00. The molecule has 0 saturated carbocycles. The quantitative estimate of drug-likeness (QED) is 0.159. The van der Waals surface area contributed by atoms with Crippen LogP contribution in [-0.2, 0) is 0 Å². The topological polar surface area (TPSA) is 17.8 Å². The molecule has 1 aromatic heterocycles. The molecular weight excluding hydrogens is 653 g/mol. The minimum atomic E-state index is 0.905. The smallest absolute Gasteiger partial charge is 0.145 e. The first kappa shape index (κ1) is 31.7. The summed E-state index contributed by atoms with van der Waals surface area (Å²) >= 11 is 0. The summed E-state index contributed by atoms with van der Waals surface area (Å²) in [6.45, 7) is 2.15. The molecule has 54 heavy (non-hydrogen) atoms. The molecule has 0 radical (unpaired) electrons. The van der Waals surface area contributed by atoms with E-state index in [0.29, 0.717) is 0 Å². The molecule has 0 spiro atoms. The van der Waals surface area contributed by atoms with E-state index in [0.717, 1.165) is 39.6 Å².